The summed E-state index contributed by atoms with van der Waals surface area (Å²) in [5.41, 5.74) is 2.71. The van der Waals surface area contributed by atoms with Crippen LogP contribution >= 0.6 is 11.8 Å². The Labute approximate surface area is 180 Å². The molecular weight excluding hydrogens is 401 g/mol. The first-order valence-corrected chi connectivity index (χ1v) is 10.5. The molecule has 2 aromatic carbocycles. The van der Waals surface area contributed by atoms with Crippen molar-refractivity contribution < 1.29 is 13.9 Å². The van der Waals surface area contributed by atoms with Gasteiger partial charge < -0.3 is 4.74 Å². The summed E-state index contributed by atoms with van der Waals surface area (Å²) in [5, 5.41) is 8.65. The van der Waals surface area contributed by atoms with Crippen molar-refractivity contribution in [2.75, 3.05) is 0 Å². The van der Waals surface area contributed by atoms with Crippen molar-refractivity contribution in [1.82, 2.24) is 14.8 Å². The molecular formula is C23H24FN3O2S. The Balaban J connectivity index is 1.77. The molecule has 30 heavy (non-hydrogen) atoms. The van der Waals surface area contributed by atoms with E-state index in [4.69, 9.17) is 4.74 Å². The highest BCUT2D eigenvalue weighted by Crippen LogP contribution is 2.27. The molecule has 1 atom stereocenters. The van der Waals surface area contributed by atoms with Crippen molar-refractivity contribution in [2.24, 2.45) is 0 Å². The minimum atomic E-state index is -0.436. The fourth-order valence-corrected chi connectivity index (χ4v) is 3.91. The third kappa shape index (κ3) is 4.97. The maximum absolute atomic E-state index is 13.8. The Kier molecular flexibility index (Phi) is 7.05. The number of carbonyl (C=O) groups excluding carboxylic acids is 1. The standard InChI is InChI=1S/C23H24FN3O2S/c1-5-12-27-21(14-29-20-9-7-6-8-19(20)24)25-26-23(27)30-17(4)22(28)18-13-15(2)10-11-16(18)3/h5-11,13,17H,1,12,14H2,2-4H3. The minimum Gasteiger partial charge on any atom is -0.483 e. The Hall–Kier alpha value is -2.93. The number of para-hydroxylation sites is 1. The van der Waals surface area contributed by atoms with Gasteiger partial charge in [0, 0.05) is 12.1 Å². The summed E-state index contributed by atoms with van der Waals surface area (Å²) in [6, 6.07) is 12.1. The number of allylic oxidation sites excluding steroid dienone is 1. The molecule has 0 radical (unpaired) electrons. The summed E-state index contributed by atoms with van der Waals surface area (Å²) in [6.45, 7) is 10.1. The van der Waals surface area contributed by atoms with E-state index in [1.54, 1.807) is 24.3 Å². The first-order chi connectivity index (χ1) is 14.4. The largest absolute Gasteiger partial charge is 0.483 e. The van der Waals surface area contributed by atoms with Crippen molar-refractivity contribution >= 4 is 17.5 Å². The highest BCUT2D eigenvalue weighted by molar-refractivity contribution is 8.00. The van der Waals surface area contributed by atoms with Crippen LogP contribution in [-0.2, 0) is 13.2 Å². The zero-order valence-electron chi connectivity index (χ0n) is 17.3. The monoisotopic (exact) mass is 425 g/mol. The molecule has 3 aromatic rings. The van der Waals surface area contributed by atoms with E-state index in [0.29, 0.717) is 23.1 Å². The maximum atomic E-state index is 13.8. The number of nitrogens with zero attached hydrogens (tertiary/aromatic N) is 3. The normalized spacial score (nSPS) is 11.9. The second-order valence-corrected chi connectivity index (χ2v) is 8.27. The highest BCUT2D eigenvalue weighted by Gasteiger charge is 2.22. The number of Topliss-reactive ketones (excluding diaryl/α,β-unsaturated/α-hetero) is 1. The van der Waals surface area contributed by atoms with Gasteiger partial charge in [-0.2, -0.15) is 0 Å². The third-order valence-corrected chi connectivity index (χ3v) is 5.69. The number of aryl methyl sites for hydroxylation is 2. The van der Waals surface area contributed by atoms with Crippen molar-refractivity contribution in [1.29, 1.82) is 0 Å². The molecule has 0 amide bonds. The second kappa shape index (κ2) is 9.71. The number of hydrogen-bond donors (Lipinski definition) is 0. The first kappa shape index (κ1) is 21.8. The molecule has 3 rings (SSSR count). The Bertz CT molecular complexity index is 1060. The summed E-state index contributed by atoms with van der Waals surface area (Å²) < 4.78 is 21.2. The molecule has 0 saturated carbocycles. The average molecular weight is 426 g/mol. The number of carbonyl (C=O) groups is 1. The summed E-state index contributed by atoms with van der Waals surface area (Å²) in [6.07, 6.45) is 1.72. The number of benzene rings is 2. The Morgan fingerprint density at radius 1 is 1.27 bits per heavy atom. The average Bonchev–Trinajstić information content (AvgIpc) is 3.10. The molecule has 5 nitrogen and oxygen atoms in total. The third-order valence-electron chi connectivity index (χ3n) is 4.61. The smallest absolute Gasteiger partial charge is 0.192 e. The molecule has 0 saturated heterocycles. The van der Waals surface area contributed by atoms with Crippen molar-refractivity contribution in [3.8, 4) is 5.75 Å². The predicted molar refractivity (Wildman–Crippen MR) is 117 cm³/mol. The number of thioether (sulfide) groups is 1. The fraction of sp³-hybridized carbons (Fsp3) is 0.261. The van der Waals surface area contributed by atoms with Crippen LogP contribution in [0, 0.1) is 19.7 Å². The van der Waals surface area contributed by atoms with Crippen molar-refractivity contribution in [3.63, 3.8) is 0 Å². The number of halogens is 1. The van der Waals surface area contributed by atoms with Crippen LogP contribution in [0.25, 0.3) is 0 Å². The molecule has 1 unspecified atom stereocenters. The number of ketones is 1. The van der Waals surface area contributed by atoms with Gasteiger partial charge in [0.05, 0.1) is 5.25 Å². The predicted octanol–water partition coefficient (Wildman–Crippen LogP) is 5.16. The van der Waals surface area contributed by atoms with Crippen LogP contribution in [-0.4, -0.2) is 25.8 Å². The van der Waals surface area contributed by atoms with Crippen LogP contribution in [0.2, 0.25) is 0 Å². The SMILES string of the molecule is C=CCn1c(COc2ccccc2F)nnc1SC(C)C(=O)c1cc(C)ccc1C. The lowest BCUT2D eigenvalue weighted by atomic mass is 10.0. The maximum Gasteiger partial charge on any atom is 0.192 e. The van der Waals surface area contributed by atoms with Gasteiger partial charge in [-0.15, -0.1) is 16.8 Å². The topological polar surface area (TPSA) is 57.0 Å². The molecule has 0 aliphatic rings. The van der Waals surface area contributed by atoms with Gasteiger partial charge in [-0.1, -0.05) is 47.7 Å². The Morgan fingerprint density at radius 3 is 2.77 bits per heavy atom. The van der Waals surface area contributed by atoms with Crippen LogP contribution in [0.1, 0.15) is 34.2 Å². The second-order valence-electron chi connectivity index (χ2n) is 6.96. The van der Waals surface area contributed by atoms with E-state index in [1.807, 2.05) is 43.5 Å². The number of hydrogen-bond acceptors (Lipinski definition) is 5. The highest BCUT2D eigenvalue weighted by atomic mass is 32.2. The molecule has 0 fully saturated rings. The summed E-state index contributed by atoms with van der Waals surface area (Å²) in [5.74, 6) is 0.290. The molecule has 0 aliphatic heterocycles. The molecule has 0 spiro atoms. The summed E-state index contributed by atoms with van der Waals surface area (Å²) in [7, 11) is 0. The minimum absolute atomic E-state index is 0.0403. The van der Waals surface area contributed by atoms with E-state index >= 15 is 0 Å². The van der Waals surface area contributed by atoms with Crippen LogP contribution in [0.3, 0.4) is 0 Å². The molecule has 1 aromatic heterocycles. The fourth-order valence-electron chi connectivity index (χ4n) is 2.96. The van der Waals surface area contributed by atoms with Crippen LogP contribution in [0.15, 0.2) is 60.3 Å². The Morgan fingerprint density at radius 2 is 2.03 bits per heavy atom. The molecule has 0 bridgehead atoms. The molecule has 156 valence electrons. The molecule has 1 heterocycles. The van der Waals surface area contributed by atoms with Gasteiger partial charge in [0.1, 0.15) is 6.61 Å². The van der Waals surface area contributed by atoms with E-state index in [0.717, 1.165) is 11.1 Å². The quantitative estimate of drug-likeness (QED) is 0.269. The van der Waals surface area contributed by atoms with Crippen LogP contribution in [0.5, 0.6) is 5.75 Å². The van der Waals surface area contributed by atoms with E-state index in [2.05, 4.69) is 16.8 Å². The van der Waals surface area contributed by atoms with E-state index < -0.39 is 5.82 Å². The van der Waals surface area contributed by atoms with E-state index in [-0.39, 0.29) is 23.4 Å². The van der Waals surface area contributed by atoms with Gasteiger partial charge in [-0.05, 0) is 44.5 Å². The van der Waals surface area contributed by atoms with Gasteiger partial charge >= 0.3 is 0 Å². The zero-order chi connectivity index (χ0) is 21.7. The first-order valence-electron chi connectivity index (χ1n) is 9.59. The number of ether oxygens (including phenoxy) is 1. The van der Waals surface area contributed by atoms with E-state index in [9.17, 15) is 9.18 Å². The summed E-state index contributed by atoms with van der Waals surface area (Å²) in [4.78, 5) is 13.0. The van der Waals surface area contributed by atoms with Gasteiger partial charge in [-0.3, -0.25) is 9.36 Å². The van der Waals surface area contributed by atoms with Gasteiger partial charge in [0.25, 0.3) is 0 Å². The van der Waals surface area contributed by atoms with Crippen LogP contribution in [0.4, 0.5) is 4.39 Å². The number of rotatable bonds is 9. The summed E-state index contributed by atoms with van der Waals surface area (Å²) >= 11 is 1.34. The van der Waals surface area contributed by atoms with Gasteiger partial charge in [0.15, 0.2) is 28.3 Å². The van der Waals surface area contributed by atoms with Gasteiger partial charge in [0.2, 0.25) is 0 Å². The lowest BCUT2D eigenvalue weighted by Crippen LogP contribution is -2.16. The van der Waals surface area contributed by atoms with Gasteiger partial charge in [-0.25, -0.2) is 4.39 Å². The van der Waals surface area contributed by atoms with E-state index in [1.165, 1.54) is 17.8 Å². The molecule has 7 heteroatoms. The van der Waals surface area contributed by atoms with Crippen LogP contribution < -0.4 is 4.74 Å². The lowest BCUT2D eigenvalue weighted by Gasteiger charge is -2.14. The zero-order valence-corrected chi connectivity index (χ0v) is 18.1. The molecule has 0 N–H and O–H groups in total. The molecule has 0 aliphatic carbocycles. The lowest BCUT2D eigenvalue weighted by molar-refractivity contribution is 0.0993. The van der Waals surface area contributed by atoms with Crippen molar-refractivity contribution in [2.45, 2.75) is 44.3 Å². The van der Waals surface area contributed by atoms with Crippen molar-refractivity contribution in [3.05, 3.63) is 83.5 Å². The number of aromatic nitrogens is 3.